The average molecular weight is 252 g/mol. The number of aryl methyl sites for hydroxylation is 1. The molecular weight excluding hydrogens is 242 g/mol. The molecule has 4 heteroatoms. The molecule has 0 unspecified atom stereocenters. The number of nitrogens with two attached hydrogens (primary N) is 1. The number of nitrogen functional groups attached to an aromatic ring is 1. The highest BCUT2D eigenvalue weighted by Crippen LogP contribution is 2.28. The van der Waals surface area contributed by atoms with E-state index in [2.05, 4.69) is 25.9 Å². The Labute approximate surface area is 90.5 Å². The highest BCUT2D eigenvalue weighted by atomic mass is 79.9. The van der Waals surface area contributed by atoms with Gasteiger partial charge < -0.3 is 10.7 Å². The number of benzene rings is 1. The first-order valence-electron chi connectivity index (χ1n) is 4.25. The van der Waals surface area contributed by atoms with Crippen molar-refractivity contribution in [2.75, 3.05) is 5.73 Å². The predicted octanol–water partition coefficient (Wildman–Crippen LogP) is 2.73. The number of anilines is 1. The van der Waals surface area contributed by atoms with E-state index in [0.717, 1.165) is 15.9 Å². The van der Waals surface area contributed by atoms with E-state index in [0.29, 0.717) is 5.95 Å². The van der Waals surface area contributed by atoms with Gasteiger partial charge in [-0.25, -0.2) is 4.98 Å². The third kappa shape index (κ3) is 1.53. The number of H-pyrrole nitrogens is 1. The molecule has 1 heterocycles. The van der Waals surface area contributed by atoms with E-state index in [-0.39, 0.29) is 0 Å². The van der Waals surface area contributed by atoms with Crippen molar-refractivity contribution < 1.29 is 0 Å². The number of hydrogen-bond donors (Lipinski definition) is 2. The van der Waals surface area contributed by atoms with Crippen molar-refractivity contribution in [2.24, 2.45) is 0 Å². The largest absolute Gasteiger partial charge is 0.369 e. The van der Waals surface area contributed by atoms with E-state index in [1.807, 2.05) is 31.2 Å². The smallest absolute Gasteiger partial charge is 0.198 e. The molecule has 2 aromatic rings. The van der Waals surface area contributed by atoms with Crippen molar-refractivity contribution in [3.05, 3.63) is 34.4 Å². The van der Waals surface area contributed by atoms with Crippen LogP contribution in [0.2, 0.25) is 0 Å². The maximum atomic E-state index is 5.57. The lowest BCUT2D eigenvalue weighted by atomic mass is 10.1. The van der Waals surface area contributed by atoms with Crippen LogP contribution in [0.5, 0.6) is 0 Å². The molecule has 72 valence electrons. The normalized spacial score (nSPS) is 10.4. The standard InChI is InChI=1S/C10H10BrN3/c1-6-4-2-3-5-7(6)8-9(11)14-10(12)13-8/h2-5H,1H3,(H3,12,13,14). The van der Waals surface area contributed by atoms with Gasteiger partial charge in [-0.1, -0.05) is 24.3 Å². The second-order valence-electron chi connectivity index (χ2n) is 3.10. The van der Waals surface area contributed by atoms with Gasteiger partial charge in [-0.05, 0) is 28.4 Å². The average Bonchev–Trinajstić information content (AvgIpc) is 2.46. The number of nitrogens with zero attached hydrogens (tertiary/aromatic N) is 1. The first-order valence-corrected chi connectivity index (χ1v) is 5.05. The van der Waals surface area contributed by atoms with Gasteiger partial charge in [0, 0.05) is 5.56 Å². The minimum Gasteiger partial charge on any atom is -0.369 e. The first kappa shape index (κ1) is 9.27. The van der Waals surface area contributed by atoms with Gasteiger partial charge in [0.1, 0.15) is 10.3 Å². The lowest BCUT2D eigenvalue weighted by Gasteiger charge is -2.01. The van der Waals surface area contributed by atoms with Gasteiger partial charge >= 0.3 is 0 Å². The quantitative estimate of drug-likeness (QED) is 0.819. The number of aromatic nitrogens is 2. The Hall–Kier alpha value is -1.29. The Balaban J connectivity index is 2.60. The molecule has 1 aromatic heterocycles. The van der Waals surface area contributed by atoms with Crippen LogP contribution in [-0.4, -0.2) is 9.97 Å². The van der Waals surface area contributed by atoms with E-state index in [4.69, 9.17) is 5.73 Å². The summed E-state index contributed by atoms with van der Waals surface area (Å²) in [5, 5.41) is 0. The van der Waals surface area contributed by atoms with E-state index >= 15 is 0 Å². The Morgan fingerprint density at radius 1 is 1.36 bits per heavy atom. The maximum absolute atomic E-state index is 5.57. The summed E-state index contributed by atoms with van der Waals surface area (Å²) >= 11 is 3.39. The topological polar surface area (TPSA) is 54.7 Å². The third-order valence-corrected chi connectivity index (χ3v) is 2.65. The first-order chi connectivity index (χ1) is 6.68. The van der Waals surface area contributed by atoms with E-state index in [1.54, 1.807) is 0 Å². The SMILES string of the molecule is Cc1ccccc1-c1nc(N)[nH]c1Br. The Kier molecular flexibility index (Phi) is 2.29. The predicted molar refractivity (Wildman–Crippen MR) is 60.9 cm³/mol. The molecule has 0 fully saturated rings. The van der Waals surface area contributed by atoms with Crippen LogP contribution in [0.4, 0.5) is 5.95 Å². The Morgan fingerprint density at radius 3 is 2.64 bits per heavy atom. The van der Waals surface area contributed by atoms with E-state index in [9.17, 15) is 0 Å². The molecule has 0 aliphatic heterocycles. The summed E-state index contributed by atoms with van der Waals surface area (Å²) in [6.07, 6.45) is 0. The molecule has 0 amide bonds. The molecule has 3 nitrogen and oxygen atoms in total. The number of halogens is 1. The maximum Gasteiger partial charge on any atom is 0.198 e. The summed E-state index contributed by atoms with van der Waals surface area (Å²) in [5.41, 5.74) is 8.70. The van der Waals surface area contributed by atoms with E-state index < -0.39 is 0 Å². The fourth-order valence-electron chi connectivity index (χ4n) is 1.39. The summed E-state index contributed by atoms with van der Waals surface area (Å²) in [6.45, 7) is 2.05. The fourth-order valence-corrected chi connectivity index (χ4v) is 1.89. The van der Waals surface area contributed by atoms with Crippen LogP contribution in [-0.2, 0) is 0 Å². The molecule has 3 N–H and O–H groups in total. The Morgan fingerprint density at radius 2 is 2.07 bits per heavy atom. The molecule has 0 saturated carbocycles. The molecule has 0 saturated heterocycles. The number of nitrogens with one attached hydrogen (secondary N) is 1. The van der Waals surface area contributed by atoms with Crippen molar-refractivity contribution in [3.63, 3.8) is 0 Å². The van der Waals surface area contributed by atoms with Crippen LogP contribution in [0, 0.1) is 6.92 Å². The van der Waals surface area contributed by atoms with E-state index in [1.165, 1.54) is 5.56 Å². The monoisotopic (exact) mass is 251 g/mol. The summed E-state index contributed by atoms with van der Waals surface area (Å²) in [4.78, 5) is 7.13. The molecular formula is C10H10BrN3. The molecule has 0 radical (unpaired) electrons. The van der Waals surface area contributed by atoms with Crippen LogP contribution in [0.3, 0.4) is 0 Å². The zero-order valence-electron chi connectivity index (χ0n) is 7.71. The number of hydrogen-bond acceptors (Lipinski definition) is 2. The van der Waals surface area contributed by atoms with Gasteiger partial charge in [0.15, 0.2) is 5.95 Å². The summed E-state index contributed by atoms with van der Waals surface area (Å²) < 4.78 is 0.823. The van der Waals surface area contributed by atoms with Gasteiger partial charge in [0.05, 0.1) is 0 Å². The number of rotatable bonds is 1. The van der Waals surface area contributed by atoms with Crippen molar-refractivity contribution in [2.45, 2.75) is 6.92 Å². The molecule has 14 heavy (non-hydrogen) atoms. The molecule has 0 bridgehead atoms. The highest BCUT2D eigenvalue weighted by molar-refractivity contribution is 9.10. The minimum absolute atomic E-state index is 0.426. The van der Waals surface area contributed by atoms with Crippen molar-refractivity contribution in [1.82, 2.24) is 9.97 Å². The van der Waals surface area contributed by atoms with Gasteiger partial charge in [-0.3, -0.25) is 0 Å². The second-order valence-corrected chi connectivity index (χ2v) is 3.89. The number of imidazole rings is 1. The van der Waals surface area contributed by atoms with Crippen molar-refractivity contribution in [1.29, 1.82) is 0 Å². The van der Waals surface area contributed by atoms with Gasteiger partial charge in [0.2, 0.25) is 0 Å². The molecule has 2 rings (SSSR count). The van der Waals surface area contributed by atoms with Crippen molar-refractivity contribution in [3.8, 4) is 11.3 Å². The van der Waals surface area contributed by atoms with Crippen LogP contribution >= 0.6 is 15.9 Å². The third-order valence-electron chi connectivity index (χ3n) is 2.08. The van der Waals surface area contributed by atoms with Gasteiger partial charge in [-0.15, -0.1) is 0 Å². The van der Waals surface area contributed by atoms with Crippen LogP contribution < -0.4 is 5.73 Å². The molecule has 0 spiro atoms. The lowest BCUT2D eigenvalue weighted by molar-refractivity contribution is 1.31. The lowest BCUT2D eigenvalue weighted by Crippen LogP contribution is -1.86. The fraction of sp³-hybridized carbons (Fsp3) is 0.100. The summed E-state index contributed by atoms with van der Waals surface area (Å²) in [6, 6.07) is 8.06. The molecule has 0 aliphatic rings. The van der Waals surface area contributed by atoms with Crippen LogP contribution in [0.25, 0.3) is 11.3 Å². The van der Waals surface area contributed by atoms with Crippen LogP contribution in [0.1, 0.15) is 5.56 Å². The summed E-state index contributed by atoms with van der Waals surface area (Å²) in [7, 11) is 0. The molecule has 0 atom stereocenters. The zero-order valence-corrected chi connectivity index (χ0v) is 9.30. The zero-order chi connectivity index (χ0) is 10.1. The Bertz CT molecular complexity index is 462. The minimum atomic E-state index is 0.426. The van der Waals surface area contributed by atoms with Crippen LogP contribution in [0.15, 0.2) is 28.9 Å². The molecule has 1 aromatic carbocycles. The highest BCUT2D eigenvalue weighted by Gasteiger charge is 2.09. The van der Waals surface area contributed by atoms with Gasteiger partial charge in [-0.2, -0.15) is 0 Å². The van der Waals surface area contributed by atoms with Crippen molar-refractivity contribution >= 4 is 21.9 Å². The number of aromatic amines is 1. The second kappa shape index (κ2) is 3.46. The summed E-state index contributed by atoms with van der Waals surface area (Å²) in [5.74, 6) is 0.426. The van der Waals surface area contributed by atoms with Gasteiger partial charge in [0.25, 0.3) is 0 Å². The molecule has 0 aliphatic carbocycles.